The van der Waals surface area contributed by atoms with E-state index in [4.69, 9.17) is 5.21 Å². The summed E-state index contributed by atoms with van der Waals surface area (Å²) >= 11 is 0. The number of hydrogen-bond donors (Lipinski definition) is 1. The van der Waals surface area contributed by atoms with Crippen molar-refractivity contribution in [2.24, 2.45) is 0 Å². The van der Waals surface area contributed by atoms with Crippen LogP contribution in [-0.4, -0.2) is 6.54 Å². The van der Waals surface area contributed by atoms with Crippen LogP contribution in [0.15, 0.2) is 12.7 Å². The maximum Gasteiger partial charge on any atom is 0.170 e. The Bertz CT molecular complexity index is 37.8. The smallest absolute Gasteiger partial charge is 0.170 e. The molecule has 34 valence electrons. The van der Waals surface area contributed by atoms with Crippen LogP contribution in [0.5, 0.6) is 0 Å². The molecule has 3 nitrogen and oxygen atoms in total. The minimum Gasteiger partial charge on any atom is -0.494 e. The number of nitrogens with one attached hydrogen (secondary N) is 1. The lowest BCUT2D eigenvalue weighted by Gasteiger charge is -1.78. The number of rotatable bonds is 3. The quantitative estimate of drug-likeness (QED) is 0.293. The van der Waals surface area contributed by atoms with E-state index in [-0.39, 0.29) is 0 Å². The van der Waals surface area contributed by atoms with E-state index >= 15 is 0 Å². The molecule has 0 aliphatic rings. The SMILES string of the molecule is C=CCN[N+][O-]. The van der Waals surface area contributed by atoms with Crippen LogP contribution in [0.3, 0.4) is 0 Å². The summed E-state index contributed by atoms with van der Waals surface area (Å²) in [6, 6.07) is 0. The summed E-state index contributed by atoms with van der Waals surface area (Å²) in [5, 5.41) is 9.15. The molecule has 6 heavy (non-hydrogen) atoms. The zero-order chi connectivity index (χ0) is 4.83. The van der Waals surface area contributed by atoms with Gasteiger partial charge in [-0.15, -0.1) is 6.58 Å². The van der Waals surface area contributed by atoms with Crippen molar-refractivity contribution in [1.82, 2.24) is 11.0 Å². The van der Waals surface area contributed by atoms with Crippen molar-refractivity contribution in [2.75, 3.05) is 6.54 Å². The highest BCUT2D eigenvalue weighted by Gasteiger charge is 1.77. The van der Waals surface area contributed by atoms with E-state index in [1.807, 2.05) is 0 Å². The summed E-state index contributed by atoms with van der Waals surface area (Å²) in [6.45, 7) is 3.78. The Morgan fingerprint density at radius 1 is 2.00 bits per heavy atom. The summed E-state index contributed by atoms with van der Waals surface area (Å²) in [7, 11) is 0. The third kappa shape index (κ3) is 3.62. The Morgan fingerprint density at radius 2 is 2.67 bits per heavy atom. The second-order valence-electron chi connectivity index (χ2n) is 0.742. The van der Waals surface area contributed by atoms with Crippen LogP contribution in [0.1, 0.15) is 0 Å². The third-order valence-electron chi connectivity index (χ3n) is 0.300. The maximum atomic E-state index is 9.15. The molecule has 0 unspecified atom stereocenters. The van der Waals surface area contributed by atoms with Crippen LogP contribution in [0.4, 0.5) is 0 Å². The van der Waals surface area contributed by atoms with E-state index in [0.29, 0.717) is 6.54 Å². The van der Waals surface area contributed by atoms with E-state index in [2.05, 4.69) is 17.6 Å². The number of nitrogens with zero attached hydrogens (tertiary/aromatic N) is 1. The molecule has 0 fully saturated rings. The molecule has 0 aromatic carbocycles. The second-order valence-corrected chi connectivity index (χ2v) is 0.742. The second kappa shape index (κ2) is 4.62. The van der Waals surface area contributed by atoms with Crippen molar-refractivity contribution in [3.8, 4) is 0 Å². The van der Waals surface area contributed by atoms with Crippen molar-refractivity contribution in [3.05, 3.63) is 17.9 Å². The van der Waals surface area contributed by atoms with Crippen molar-refractivity contribution >= 4 is 0 Å². The van der Waals surface area contributed by atoms with Crippen molar-refractivity contribution < 1.29 is 0 Å². The molecule has 0 aromatic heterocycles. The lowest BCUT2D eigenvalue weighted by Crippen LogP contribution is -2.18. The highest BCUT2D eigenvalue weighted by Crippen LogP contribution is 1.51. The van der Waals surface area contributed by atoms with E-state index < -0.39 is 0 Å². The first kappa shape index (κ1) is 5.62. The predicted octanol–water partition coefficient (Wildman–Crippen LogP) is -0.221. The van der Waals surface area contributed by atoms with Gasteiger partial charge in [0, 0.05) is 0 Å². The van der Waals surface area contributed by atoms with Gasteiger partial charge in [0.15, 0.2) is 5.59 Å². The molecule has 0 heterocycles. The van der Waals surface area contributed by atoms with Crippen LogP contribution in [0.25, 0.3) is 0 Å². The first-order valence-corrected chi connectivity index (χ1v) is 1.58. The van der Waals surface area contributed by atoms with Gasteiger partial charge in [-0.1, -0.05) is 6.08 Å². The van der Waals surface area contributed by atoms with Gasteiger partial charge in [0.1, 0.15) is 0 Å². The largest absolute Gasteiger partial charge is 0.494 e. The zero-order valence-corrected chi connectivity index (χ0v) is 3.35. The molecule has 0 aliphatic heterocycles. The van der Waals surface area contributed by atoms with Gasteiger partial charge >= 0.3 is 0 Å². The van der Waals surface area contributed by atoms with Crippen molar-refractivity contribution in [2.45, 2.75) is 0 Å². The molecule has 3 heteroatoms. The lowest BCUT2D eigenvalue weighted by molar-refractivity contribution is 0.672. The molecule has 0 spiro atoms. The molecule has 0 saturated heterocycles. The summed E-state index contributed by atoms with van der Waals surface area (Å²) in [5.41, 5.74) is 4.50. The van der Waals surface area contributed by atoms with Crippen molar-refractivity contribution in [1.29, 1.82) is 0 Å². The van der Waals surface area contributed by atoms with Gasteiger partial charge in [-0.3, -0.25) is 0 Å². The molecule has 0 bridgehead atoms. The summed E-state index contributed by atoms with van der Waals surface area (Å²) in [4.78, 5) is 0. The molecular formula is C3H6N2O. The topological polar surface area (TPSA) is 49.2 Å². The highest BCUT2D eigenvalue weighted by atomic mass is 16.5. The molecule has 0 rings (SSSR count). The number of hydrogen-bond acceptors (Lipinski definition) is 2. The monoisotopic (exact) mass is 86.0 g/mol. The fourth-order valence-corrected chi connectivity index (χ4v) is 0.102. The van der Waals surface area contributed by atoms with Crippen LogP contribution in [0.2, 0.25) is 0 Å². The molecule has 0 aliphatic carbocycles. The fourth-order valence-electron chi connectivity index (χ4n) is 0.102. The van der Waals surface area contributed by atoms with Crippen LogP contribution in [-0.2, 0) is 0 Å². The Hall–Kier alpha value is -0.380. The predicted molar refractivity (Wildman–Crippen MR) is 23.7 cm³/mol. The molecule has 0 amide bonds. The van der Waals surface area contributed by atoms with Gasteiger partial charge in [0.05, 0.1) is 6.54 Å². The average Bonchev–Trinajstić information content (AvgIpc) is 1.61. The molecule has 0 aromatic rings. The standard InChI is InChI=1S/C3H6N2O/c1-2-3-4-5-6/h2,4H,1,3H2. The Balaban J connectivity index is 2.49. The van der Waals surface area contributed by atoms with Gasteiger partial charge in [-0.25, -0.2) is 0 Å². The molecule has 0 saturated carbocycles. The molecule has 2 radical (unpaired) electrons. The van der Waals surface area contributed by atoms with Crippen LogP contribution in [0, 0.1) is 5.21 Å². The Labute approximate surface area is 36.6 Å². The minimum absolute atomic E-state index is 0.448. The first-order chi connectivity index (χ1) is 2.91. The molecule has 0 atom stereocenters. The van der Waals surface area contributed by atoms with Gasteiger partial charge < -0.3 is 5.21 Å². The summed E-state index contributed by atoms with van der Waals surface area (Å²) < 4.78 is 0. The average molecular weight is 86.1 g/mol. The minimum atomic E-state index is 0.448. The van der Waals surface area contributed by atoms with Gasteiger partial charge in [0.2, 0.25) is 0 Å². The first-order valence-electron chi connectivity index (χ1n) is 1.58. The Morgan fingerprint density at radius 3 is 2.83 bits per heavy atom. The fraction of sp³-hybridized carbons (Fsp3) is 0.333. The summed E-state index contributed by atoms with van der Waals surface area (Å²) in [5.74, 6) is 0. The highest BCUT2D eigenvalue weighted by molar-refractivity contribution is 4.67. The van der Waals surface area contributed by atoms with E-state index in [1.165, 1.54) is 0 Å². The van der Waals surface area contributed by atoms with Crippen LogP contribution >= 0.6 is 0 Å². The van der Waals surface area contributed by atoms with E-state index in [1.54, 1.807) is 6.08 Å². The van der Waals surface area contributed by atoms with Gasteiger partial charge in [-0.05, 0) is 5.43 Å². The summed E-state index contributed by atoms with van der Waals surface area (Å²) in [6.07, 6.45) is 1.56. The third-order valence-corrected chi connectivity index (χ3v) is 0.300. The molecular weight excluding hydrogens is 80.0 g/mol. The van der Waals surface area contributed by atoms with E-state index in [0.717, 1.165) is 0 Å². The Kier molecular flexibility index (Phi) is 4.33. The zero-order valence-electron chi connectivity index (χ0n) is 3.35. The van der Waals surface area contributed by atoms with Gasteiger partial charge in [-0.2, -0.15) is 0 Å². The maximum absolute atomic E-state index is 9.15. The molecule has 1 N–H and O–H groups in total. The lowest BCUT2D eigenvalue weighted by atomic mass is 10.7. The van der Waals surface area contributed by atoms with Crippen molar-refractivity contribution in [3.63, 3.8) is 0 Å². The van der Waals surface area contributed by atoms with Gasteiger partial charge in [0.25, 0.3) is 0 Å². The van der Waals surface area contributed by atoms with E-state index in [9.17, 15) is 0 Å². The van der Waals surface area contributed by atoms with Crippen LogP contribution < -0.4 is 11.0 Å². The normalized spacial score (nSPS) is 8.17.